The van der Waals surface area contributed by atoms with Crippen molar-refractivity contribution in [3.8, 4) is 0 Å². The van der Waals surface area contributed by atoms with Gasteiger partial charge in [0.1, 0.15) is 5.84 Å². The van der Waals surface area contributed by atoms with Crippen LogP contribution in [-0.4, -0.2) is 36.4 Å². The molecule has 0 aromatic rings. The molecule has 2 unspecified atom stereocenters. The summed E-state index contributed by atoms with van der Waals surface area (Å²) in [6.45, 7) is 0. The normalized spacial score (nSPS) is 27.5. The first-order valence-electron chi connectivity index (χ1n) is 4.86. The summed E-state index contributed by atoms with van der Waals surface area (Å²) in [5, 5.41) is 4.23. The Bertz CT molecular complexity index is 227. The van der Waals surface area contributed by atoms with Crippen LogP contribution in [0.4, 0.5) is 0 Å². The highest BCUT2D eigenvalue weighted by molar-refractivity contribution is 7.78. The fourth-order valence-corrected chi connectivity index (χ4v) is 1.97. The van der Waals surface area contributed by atoms with Crippen molar-refractivity contribution in [2.75, 3.05) is 14.1 Å². The average Bonchev–Trinajstić information content (AvgIpc) is 2.52. The molecule has 5 heteroatoms. The summed E-state index contributed by atoms with van der Waals surface area (Å²) in [6, 6.07) is 0.239. The lowest BCUT2D eigenvalue weighted by atomic mass is 10.0. The smallest absolute Gasteiger partial charge is 0.129 e. The van der Waals surface area contributed by atoms with Gasteiger partial charge in [-0.1, -0.05) is 18.6 Å². The zero-order valence-electron chi connectivity index (χ0n) is 8.73. The molecule has 1 saturated carbocycles. The van der Waals surface area contributed by atoms with Crippen molar-refractivity contribution in [2.24, 2.45) is 16.8 Å². The molecule has 4 nitrogen and oxygen atoms in total. The Morgan fingerprint density at radius 1 is 1.57 bits per heavy atom. The van der Waals surface area contributed by atoms with Gasteiger partial charge in [-0.15, -0.1) is 0 Å². The number of rotatable bonds is 3. The van der Waals surface area contributed by atoms with Gasteiger partial charge in [0.15, 0.2) is 0 Å². The quantitative estimate of drug-likeness (QED) is 0.311. The van der Waals surface area contributed by atoms with Crippen LogP contribution in [0.2, 0.25) is 0 Å². The lowest BCUT2D eigenvalue weighted by molar-refractivity contribution is 0.509. The molecule has 2 atom stereocenters. The monoisotopic (exact) mass is 214 g/mol. The molecule has 1 fully saturated rings. The SMILES string of the molecule is CN(C)/C(=N\NC=S)C1CCCC1N. The van der Waals surface area contributed by atoms with Crippen molar-refractivity contribution in [2.45, 2.75) is 25.3 Å². The number of nitrogens with zero attached hydrogens (tertiary/aromatic N) is 2. The molecule has 1 aliphatic carbocycles. The summed E-state index contributed by atoms with van der Waals surface area (Å²) < 4.78 is 0. The van der Waals surface area contributed by atoms with Crippen molar-refractivity contribution in [3.05, 3.63) is 0 Å². The minimum Gasteiger partial charge on any atom is -0.364 e. The second kappa shape index (κ2) is 5.26. The van der Waals surface area contributed by atoms with E-state index in [9.17, 15) is 0 Å². The Balaban J connectivity index is 2.71. The maximum Gasteiger partial charge on any atom is 0.129 e. The van der Waals surface area contributed by atoms with Gasteiger partial charge in [0.05, 0.1) is 5.49 Å². The van der Waals surface area contributed by atoms with Crippen molar-refractivity contribution < 1.29 is 0 Å². The van der Waals surface area contributed by atoms with E-state index >= 15 is 0 Å². The molecule has 0 amide bonds. The van der Waals surface area contributed by atoms with Crippen LogP contribution in [0.3, 0.4) is 0 Å². The molecular weight excluding hydrogens is 196 g/mol. The van der Waals surface area contributed by atoms with E-state index in [1.807, 2.05) is 19.0 Å². The van der Waals surface area contributed by atoms with E-state index in [1.54, 1.807) is 0 Å². The van der Waals surface area contributed by atoms with E-state index in [4.69, 9.17) is 5.73 Å². The van der Waals surface area contributed by atoms with Crippen LogP contribution in [0.25, 0.3) is 0 Å². The van der Waals surface area contributed by atoms with E-state index in [-0.39, 0.29) is 6.04 Å². The van der Waals surface area contributed by atoms with Crippen molar-refractivity contribution in [1.82, 2.24) is 10.3 Å². The maximum atomic E-state index is 6.02. The summed E-state index contributed by atoms with van der Waals surface area (Å²) in [4.78, 5) is 2.00. The van der Waals surface area contributed by atoms with E-state index in [0.29, 0.717) is 5.92 Å². The highest BCUT2D eigenvalue weighted by Gasteiger charge is 2.29. The fourth-order valence-electron chi connectivity index (χ4n) is 1.92. The van der Waals surface area contributed by atoms with Gasteiger partial charge in [0, 0.05) is 26.1 Å². The summed E-state index contributed by atoms with van der Waals surface area (Å²) in [6.07, 6.45) is 3.41. The average molecular weight is 214 g/mol. The van der Waals surface area contributed by atoms with Gasteiger partial charge in [-0.05, 0) is 12.8 Å². The van der Waals surface area contributed by atoms with Gasteiger partial charge < -0.3 is 10.6 Å². The Labute approximate surface area is 90.5 Å². The zero-order chi connectivity index (χ0) is 10.6. The van der Waals surface area contributed by atoms with Gasteiger partial charge in [0.25, 0.3) is 0 Å². The summed E-state index contributed by atoms with van der Waals surface area (Å²) >= 11 is 4.67. The van der Waals surface area contributed by atoms with Crippen LogP contribution < -0.4 is 11.2 Å². The van der Waals surface area contributed by atoms with E-state index in [1.165, 1.54) is 11.9 Å². The summed E-state index contributed by atoms with van der Waals surface area (Å²) in [5.74, 6) is 1.36. The lowest BCUT2D eigenvalue weighted by Gasteiger charge is -2.23. The minimum absolute atomic E-state index is 0.239. The zero-order valence-corrected chi connectivity index (χ0v) is 9.55. The Kier molecular flexibility index (Phi) is 4.28. The highest BCUT2D eigenvalue weighted by atomic mass is 32.1. The number of hydrazone groups is 1. The lowest BCUT2D eigenvalue weighted by Crippen LogP contribution is -2.39. The van der Waals surface area contributed by atoms with Crippen LogP contribution >= 0.6 is 12.2 Å². The molecule has 0 aromatic heterocycles. The van der Waals surface area contributed by atoms with Gasteiger partial charge in [-0.3, -0.25) is 5.43 Å². The first kappa shape index (κ1) is 11.4. The molecule has 0 radical (unpaired) electrons. The molecule has 1 aliphatic rings. The van der Waals surface area contributed by atoms with Gasteiger partial charge in [0.2, 0.25) is 0 Å². The topological polar surface area (TPSA) is 53.6 Å². The van der Waals surface area contributed by atoms with Gasteiger partial charge in [-0.2, -0.15) is 5.10 Å². The molecule has 0 aliphatic heterocycles. The number of nitrogens with one attached hydrogen (secondary N) is 1. The van der Waals surface area contributed by atoms with E-state index in [2.05, 4.69) is 22.7 Å². The Morgan fingerprint density at radius 3 is 2.71 bits per heavy atom. The molecule has 0 heterocycles. The van der Waals surface area contributed by atoms with Gasteiger partial charge >= 0.3 is 0 Å². The molecule has 80 valence electrons. The third kappa shape index (κ3) is 2.65. The molecule has 0 saturated heterocycles. The molecule has 14 heavy (non-hydrogen) atoms. The third-order valence-corrected chi connectivity index (χ3v) is 2.70. The predicted octanol–water partition coefficient (Wildman–Crippen LogP) is 0.536. The van der Waals surface area contributed by atoms with Crippen LogP contribution in [0.15, 0.2) is 5.10 Å². The number of amidine groups is 1. The summed E-state index contributed by atoms with van der Waals surface area (Å²) in [7, 11) is 3.96. The second-order valence-corrected chi connectivity index (χ2v) is 4.05. The first-order valence-corrected chi connectivity index (χ1v) is 5.33. The molecule has 1 rings (SSSR count). The summed E-state index contributed by atoms with van der Waals surface area (Å²) in [5.41, 5.74) is 10.1. The maximum absolute atomic E-state index is 6.02. The number of thiocarbonyl (C=S) groups is 1. The van der Waals surface area contributed by atoms with Crippen molar-refractivity contribution >= 4 is 23.5 Å². The first-order chi connectivity index (χ1) is 6.66. The fraction of sp³-hybridized carbons (Fsp3) is 0.778. The molecule has 3 N–H and O–H groups in total. The number of nitrogens with two attached hydrogens (primary N) is 1. The van der Waals surface area contributed by atoms with Crippen LogP contribution in [0.5, 0.6) is 0 Å². The number of hydrogen-bond acceptors (Lipinski definition) is 3. The molecular formula is C9H18N4S. The third-order valence-electron chi connectivity index (χ3n) is 2.59. The standard InChI is InChI=1S/C9H18N4S/c1-13(2)9(12-11-6-14)7-4-3-5-8(7)10/h6-8H,3-5,10H2,1-2H3,(H,11,14)/b12-9-. The highest BCUT2D eigenvalue weighted by Crippen LogP contribution is 2.25. The Hall–Kier alpha value is -0.680. The van der Waals surface area contributed by atoms with E-state index in [0.717, 1.165) is 18.7 Å². The molecule has 0 spiro atoms. The van der Waals surface area contributed by atoms with Crippen LogP contribution in [-0.2, 0) is 0 Å². The predicted molar refractivity (Wildman–Crippen MR) is 63.2 cm³/mol. The largest absolute Gasteiger partial charge is 0.364 e. The number of hydrogen-bond donors (Lipinski definition) is 2. The second-order valence-electron chi connectivity index (χ2n) is 3.81. The van der Waals surface area contributed by atoms with Crippen molar-refractivity contribution in [3.63, 3.8) is 0 Å². The van der Waals surface area contributed by atoms with E-state index < -0.39 is 0 Å². The minimum atomic E-state index is 0.239. The van der Waals surface area contributed by atoms with Crippen molar-refractivity contribution in [1.29, 1.82) is 0 Å². The van der Waals surface area contributed by atoms with Crippen LogP contribution in [0, 0.1) is 5.92 Å². The van der Waals surface area contributed by atoms with Gasteiger partial charge in [-0.25, -0.2) is 0 Å². The Morgan fingerprint density at radius 2 is 2.29 bits per heavy atom. The van der Waals surface area contributed by atoms with Crippen LogP contribution in [0.1, 0.15) is 19.3 Å². The molecule has 0 bridgehead atoms. The molecule has 0 aromatic carbocycles.